The lowest BCUT2D eigenvalue weighted by atomic mass is 10.1. The van der Waals surface area contributed by atoms with Crippen molar-refractivity contribution in [3.05, 3.63) is 70.5 Å². The van der Waals surface area contributed by atoms with Gasteiger partial charge in [0.1, 0.15) is 11.5 Å². The molecule has 0 saturated carbocycles. The number of hydrogen-bond donors (Lipinski definition) is 0. The number of nitrogens with zero attached hydrogens (tertiary/aromatic N) is 3. The average molecular weight is 405 g/mol. The number of fused-ring (bicyclic) bond motifs is 1. The Morgan fingerprint density at radius 1 is 1.07 bits per heavy atom. The summed E-state index contributed by atoms with van der Waals surface area (Å²) in [6, 6.07) is 12.4. The van der Waals surface area contributed by atoms with Crippen molar-refractivity contribution in [3.8, 4) is 34.4 Å². The third-order valence-electron chi connectivity index (χ3n) is 4.83. The Kier molecular flexibility index (Phi) is 4.59. The lowest BCUT2D eigenvalue weighted by Gasteiger charge is -2.10. The standard InChI is InChI=1S/C22H19N3O5/c1-14-17(23-22(30-14)19-4-2-9-28-19)13-25-21(26)8-6-16(24-25)15-5-7-18-20(12-15)29-11-3-10-27-18/h2,4-9,12H,3,10-11,13H2,1H3. The molecule has 0 bridgehead atoms. The highest BCUT2D eigenvalue weighted by atomic mass is 16.5. The lowest BCUT2D eigenvalue weighted by molar-refractivity contribution is 0.297. The first-order valence-electron chi connectivity index (χ1n) is 9.66. The molecule has 8 heteroatoms. The molecule has 0 atom stereocenters. The molecule has 0 saturated heterocycles. The summed E-state index contributed by atoms with van der Waals surface area (Å²) in [5, 5.41) is 4.53. The van der Waals surface area contributed by atoms with E-state index in [0.717, 1.165) is 12.0 Å². The van der Waals surface area contributed by atoms with Gasteiger partial charge in [0.25, 0.3) is 11.4 Å². The first kappa shape index (κ1) is 18.2. The van der Waals surface area contributed by atoms with Gasteiger partial charge in [0.15, 0.2) is 17.3 Å². The van der Waals surface area contributed by atoms with Crippen molar-refractivity contribution in [1.82, 2.24) is 14.8 Å². The summed E-state index contributed by atoms with van der Waals surface area (Å²) < 4.78 is 23.8. The van der Waals surface area contributed by atoms with Crippen LogP contribution in [0.2, 0.25) is 0 Å². The zero-order chi connectivity index (χ0) is 20.5. The van der Waals surface area contributed by atoms with Crippen LogP contribution in [-0.2, 0) is 6.54 Å². The van der Waals surface area contributed by atoms with Gasteiger partial charge in [-0.05, 0) is 43.3 Å². The van der Waals surface area contributed by atoms with Gasteiger partial charge in [-0.2, -0.15) is 5.10 Å². The molecule has 1 aromatic carbocycles. The minimum absolute atomic E-state index is 0.188. The molecule has 1 aliphatic rings. The molecule has 152 valence electrons. The number of furan rings is 1. The first-order valence-corrected chi connectivity index (χ1v) is 9.66. The second kappa shape index (κ2) is 7.55. The van der Waals surface area contributed by atoms with Gasteiger partial charge < -0.3 is 18.3 Å². The first-order chi connectivity index (χ1) is 14.7. The molecule has 4 heterocycles. The van der Waals surface area contributed by atoms with Gasteiger partial charge in [0.05, 0.1) is 31.7 Å². The third-order valence-corrected chi connectivity index (χ3v) is 4.83. The van der Waals surface area contributed by atoms with E-state index in [1.165, 1.54) is 10.7 Å². The molecule has 0 unspecified atom stereocenters. The monoisotopic (exact) mass is 405 g/mol. The predicted octanol–water partition coefficient (Wildman–Crippen LogP) is 3.68. The smallest absolute Gasteiger partial charge is 0.267 e. The molecule has 0 fully saturated rings. The number of rotatable bonds is 4. The second-order valence-electron chi connectivity index (χ2n) is 6.93. The number of aromatic nitrogens is 3. The maximum Gasteiger partial charge on any atom is 0.267 e. The van der Waals surface area contributed by atoms with E-state index >= 15 is 0 Å². The minimum atomic E-state index is -0.227. The van der Waals surface area contributed by atoms with Crippen molar-refractivity contribution < 1.29 is 18.3 Å². The fraction of sp³-hybridized carbons (Fsp3) is 0.227. The van der Waals surface area contributed by atoms with Crippen molar-refractivity contribution >= 4 is 0 Å². The van der Waals surface area contributed by atoms with Crippen LogP contribution in [-0.4, -0.2) is 28.0 Å². The summed E-state index contributed by atoms with van der Waals surface area (Å²) in [5.41, 5.74) is 1.88. The van der Waals surface area contributed by atoms with E-state index in [1.807, 2.05) is 18.2 Å². The zero-order valence-corrected chi connectivity index (χ0v) is 16.3. The summed E-state index contributed by atoms with van der Waals surface area (Å²) in [5.74, 6) is 2.91. The molecule has 5 rings (SSSR count). The van der Waals surface area contributed by atoms with Gasteiger partial charge in [0, 0.05) is 18.1 Å². The minimum Gasteiger partial charge on any atom is -0.490 e. The number of benzene rings is 1. The van der Waals surface area contributed by atoms with Crippen LogP contribution in [0, 0.1) is 6.92 Å². The van der Waals surface area contributed by atoms with Crippen LogP contribution < -0.4 is 15.0 Å². The van der Waals surface area contributed by atoms with E-state index in [1.54, 1.807) is 31.4 Å². The summed E-state index contributed by atoms with van der Waals surface area (Å²) in [7, 11) is 0. The summed E-state index contributed by atoms with van der Waals surface area (Å²) >= 11 is 0. The van der Waals surface area contributed by atoms with E-state index < -0.39 is 0 Å². The molecule has 0 aliphatic carbocycles. The Morgan fingerprint density at radius 2 is 1.93 bits per heavy atom. The summed E-state index contributed by atoms with van der Waals surface area (Å²) in [4.78, 5) is 16.9. The van der Waals surface area contributed by atoms with Gasteiger partial charge in [-0.1, -0.05) is 0 Å². The van der Waals surface area contributed by atoms with Gasteiger partial charge >= 0.3 is 0 Å². The summed E-state index contributed by atoms with van der Waals surface area (Å²) in [6.45, 7) is 3.22. The Morgan fingerprint density at radius 3 is 2.77 bits per heavy atom. The predicted molar refractivity (Wildman–Crippen MR) is 108 cm³/mol. The summed E-state index contributed by atoms with van der Waals surface area (Å²) in [6.07, 6.45) is 2.39. The molecule has 1 aliphatic heterocycles. The van der Waals surface area contributed by atoms with Crippen LogP contribution in [0.1, 0.15) is 17.9 Å². The molecule has 0 spiro atoms. The fourth-order valence-corrected chi connectivity index (χ4v) is 3.26. The third kappa shape index (κ3) is 3.47. The van der Waals surface area contributed by atoms with Gasteiger partial charge in [-0.25, -0.2) is 9.67 Å². The Bertz CT molecular complexity index is 1240. The van der Waals surface area contributed by atoms with Crippen molar-refractivity contribution in [3.63, 3.8) is 0 Å². The topological polar surface area (TPSA) is 92.5 Å². The maximum absolute atomic E-state index is 12.4. The quantitative estimate of drug-likeness (QED) is 0.511. The van der Waals surface area contributed by atoms with Crippen LogP contribution in [0.5, 0.6) is 11.5 Å². The van der Waals surface area contributed by atoms with Crippen LogP contribution in [0.4, 0.5) is 0 Å². The SMILES string of the molecule is Cc1oc(-c2ccco2)nc1Cn1nc(-c2ccc3c(c2)OCCCO3)ccc1=O. The van der Waals surface area contributed by atoms with Crippen molar-refractivity contribution in [2.45, 2.75) is 19.9 Å². The molecule has 0 N–H and O–H groups in total. The number of aryl methyl sites for hydroxylation is 1. The van der Waals surface area contributed by atoms with Crippen molar-refractivity contribution in [1.29, 1.82) is 0 Å². The lowest BCUT2D eigenvalue weighted by Crippen LogP contribution is -2.23. The van der Waals surface area contributed by atoms with E-state index in [4.69, 9.17) is 18.3 Å². The van der Waals surface area contributed by atoms with Crippen LogP contribution in [0.25, 0.3) is 22.9 Å². The highest BCUT2D eigenvalue weighted by molar-refractivity contribution is 5.63. The van der Waals surface area contributed by atoms with Gasteiger partial charge in [0.2, 0.25) is 0 Å². The largest absolute Gasteiger partial charge is 0.490 e. The van der Waals surface area contributed by atoms with Crippen LogP contribution in [0.3, 0.4) is 0 Å². The van der Waals surface area contributed by atoms with Crippen LogP contribution in [0.15, 0.2) is 62.4 Å². The molecule has 0 amide bonds. The number of ether oxygens (including phenoxy) is 2. The van der Waals surface area contributed by atoms with Crippen molar-refractivity contribution in [2.75, 3.05) is 13.2 Å². The molecule has 4 aromatic rings. The molecule has 30 heavy (non-hydrogen) atoms. The fourth-order valence-electron chi connectivity index (χ4n) is 3.26. The Labute approximate surface area is 171 Å². The molecule has 0 radical (unpaired) electrons. The van der Waals surface area contributed by atoms with Crippen LogP contribution >= 0.6 is 0 Å². The van der Waals surface area contributed by atoms with E-state index in [0.29, 0.717) is 53.5 Å². The van der Waals surface area contributed by atoms with E-state index in [2.05, 4.69) is 10.1 Å². The maximum atomic E-state index is 12.4. The van der Waals surface area contributed by atoms with Gasteiger partial charge in [-0.3, -0.25) is 4.79 Å². The average Bonchev–Trinajstić information content (AvgIpc) is 3.34. The number of oxazole rings is 1. The molecular weight excluding hydrogens is 386 g/mol. The highest BCUT2D eigenvalue weighted by Crippen LogP contribution is 2.33. The normalized spacial score (nSPS) is 13.2. The van der Waals surface area contributed by atoms with Gasteiger partial charge in [-0.15, -0.1) is 0 Å². The molecule has 8 nitrogen and oxygen atoms in total. The Balaban J connectivity index is 1.46. The van der Waals surface area contributed by atoms with E-state index in [-0.39, 0.29) is 12.1 Å². The zero-order valence-electron chi connectivity index (χ0n) is 16.3. The molecular formula is C22H19N3O5. The second-order valence-corrected chi connectivity index (χ2v) is 6.93. The van der Waals surface area contributed by atoms with E-state index in [9.17, 15) is 4.79 Å². The number of hydrogen-bond acceptors (Lipinski definition) is 7. The highest BCUT2D eigenvalue weighted by Gasteiger charge is 2.16. The van der Waals surface area contributed by atoms with Crippen molar-refractivity contribution in [2.24, 2.45) is 0 Å². The molecule has 3 aromatic heterocycles. The Hall–Kier alpha value is -3.81.